The van der Waals surface area contributed by atoms with Crippen molar-refractivity contribution in [2.45, 2.75) is 18.9 Å². The molecule has 0 unspecified atom stereocenters. The number of halogens is 6. The molecule has 0 aliphatic carbocycles. The van der Waals surface area contributed by atoms with Crippen molar-refractivity contribution in [1.82, 2.24) is 10.2 Å². The van der Waals surface area contributed by atoms with Crippen LogP contribution < -0.4 is 4.90 Å². The summed E-state index contributed by atoms with van der Waals surface area (Å²) in [6, 6.07) is 10.8. The fourth-order valence-corrected chi connectivity index (χ4v) is 2.68. The van der Waals surface area contributed by atoms with E-state index in [2.05, 4.69) is 15.0 Å². The molecule has 0 saturated heterocycles. The first-order valence-electron chi connectivity index (χ1n) is 8.35. The minimum Gasteiger partial charge on any atom is -0.419 e. The molecular weight excluding hydrogens is 414 g/mol. The van der Waals surface area contributed by atoms with Gasteiger partial charge in [0.2, 0.25) is 11.8 Å². The Labute approximate surface area is 166 Å². The second kappa shape index (κ2) is 8.06. The standard InChI is InChI=1S/C19H12F6N4O/c1-26-15-8-7-13(9-14(15)19(23,24)25)29(11-18(20,21)22)10-16-27-28-17(30-16)12-5-3-2-4-6-12/h2-9H,10-11H2. The highest BCUT2D eigenvalue weighted by Gasteiger charge is 2.36. The van der Waals surface area contributed by atoms with Gasteiger partial charge in [0.1, 0.15) is 6.54 Å². The summed E-state index contributed by atoms with van der Waals surface area (Å²) >= 11 is 0. The second-order valence-electron chi connectivity index (χ2n) is 6.15. The summed E-state index contributed by atoms with van der Waals surface area (Å²) in [7, 11) is 0. The maximum Gasteiger partial charge on any atom is 0.407 e. The molecule has 5 nitrogen and oxygen atoms in total. The van der Waals surface area contributed by atoms with Gasteiger partial charge in [-0.1, -0.05) is 24.3 Å². The Kier molecular flexibility index (Phi) is 5.69. The van der Waals surface area contributed by atoms with Gasteiger partial charge < -0.3 is 9.32 Å². The van der Waals surface area contributed by atoms with Crippen LogP contribution in [-0.4, -0.2) is 22.9 Å². The average molecular weight is 426 g/mol. The topological polar surface area (TPSA) is 46.5 Å². The van der Waals surface area contributed by atoms with E-state index in [1.807, 2.05) is 0 Å². The number of alkyl halides is 6. The number of hydrogen-bond donors (Lipinski definition) is 0. The van der Waals surface area contributed by atoms with Gasteiger partial charge in [0, 0.05) is 11.3 Å². The van der Waals surface area contributed by atoms with Crippen molar-refractivity contribution in [2.24, 2.45) is 0 Å². The van der Waals surface area contributed by atoms with E-state index in [4.69, 9.17) is 11.0 Å². The molecule has 0 aliphatic heterocycles. The Bertz CT molecular complexity index is 1050. The van der Waals surface area contributed by atoms with Gasteiger partial charge >= 0.3 is 12.4 Å². The summed E-state index contributed by atoms with van der Waals surface area (Å²) in [6.45, 7) is 4.72. The van der Waals surface area contributed by atoms with E-state index in [0.717, 1.165) is 12.1 Å². The Morgan fingerprint density at radius 2 is 1.67 bits per heavy atom. The van der Waals surface area contributed by atoms with Gasteiger partial charge in [-0.2, -0.15) is 26.3 Å². The fraction of sp³-hybridized carbons (Fsp3) is 0.211. The van der Waals surface area contributed by atoms with Crippen LogP contribution in [-0.2, 0) is 12.7 Å². The summed E-state index contributed by atoms with van der Waals surface area (Å²) in [5.41, 5.74) is -1.87. The first-order valence-corrected chi connectivity index (χ1v) is 8.35. The molecule has 0 saturated carbocycles. The first-order chi connectivity index (χ1) is 14.1. The van der Waals surface area contributed by atoms with Crippen LogP contribution in [0, 0.1) is 6.57 Å². The van der Waals surface area contributed by atoms with Crippen LogP contribution in [0.5, 0.6) is 0 Å². The molecule has 30 heavy (non-hydrogen) atoms. The molecule has 0 radical (unpaired) electrons. The first kappa shape index (κ1) is 21.2. The van der Waals surface area contributed by atoms with E-state index in [9.17, 15) is 26.3 Å². The van der Waals surface area contributed by atoms with E-state index in [-0.39, 0.29) is 17.5 Å². The lowest BCUT2D eigenvalue weighted by molar-refractivity contribution is -0.136. The predicted octanol–water partition coefficient (Wildman–Crippen LogP) is 5.88. The zero-order valence-corrected chi connectivity index (χ0v) is 15.0. The summed E-state index contributed by atoms with van der Waals surface area (Å²) < 4.78 is 84.2. The molecule has 3 aromatic rings. The van der Waals surface area contributed by atoms with Gasteiger partial charge in [-0.05, 0) is 24.3 Å². The smallest absolute Gasteiger partial charge is 0.407 e. The summed E-state index contributed by atoms with van der Waals surface area (Å²) in [5, 5.41) is 7.47. The van der Waals surface area contributed by atoms with Crippen LogP contribution in [0.1, 0.15) is 11.5 Å². The maximum atomic E-state index is 13.2. The lowest BCUT2D eigenvalue weighted by Crippen LogP contribution is -2.34. The molecule has 0 bridgehead atoms. The molecule has 1 aromatic heterocycles. The molecule has 156 valence electrons. The van der Waals surface area contributed by atoms with Crippen LogP contribution in [0.3, 0.4) is 0 Å². The molecule has 11 heteroatoms. The van der Waals surface area contributed by atoms with E-state index in [1.54, 1.807) is 30.3 Å². The largest absolute Gasteiger partial charge is 0.419 e. The molecule has 0 fully saturated rings. The SMILES string of the molecule is [C-]#[N+]c1ccc(N(Cc2nnc(-c3ccccc3)o2)CC(F)(F)F)cc1C(F)(F)F. The number of benzene rings is 2. The summed E-state index contributed by atoms with van der Waals surface area (Å²) in [6.07, 6.45) is -9.61. The van der Waals surface area contributed by atoms with Gasteiger partial charge in [-0.25, -0.2) is 4.85 Å². The number of aromatic nitrogens is 2. The van der Waals surface area contributed by atoms with Gasteiger partial charge in [-0.3, -0.25) is 0 Å². The van der Waals surface area contributed by atoms with Crippen LogP contribution in [0.15, 0.2) is 52.9 Å². The minimum atomic E-state index is -4.90. The van der Waals surface area contributed by atoms with Crippen molar-refractivity contribution in [3.63, 3.8) is 0 Å². The lowest BCUT2D eigenvalue weighted by Gasteiger charge is -2.25. The van der Waals surface area contributed by atoms with Gasteiger partial charge in [0.25, 0.3) is 0 Å². The van der Waals surface area contributed by atoms with Gasteiger partial charge in [-0.15, -0.1) is 10.2 Å². The molecule has 1 heterocycles. The lowest BCUT2D eigenvalue weighted by atomic mass is 10.1. The highest BCUT2D eigenvalue weighted by atomic mass is 19.4. The zero-order valence-electron chi connectivity index (χ0n) is 15.0. The molecular formula is C19H12F6N4O. The normalized spacial score (nSPS) is 11.9. The highest BCUT2D eigenvalue weighted by Crippen LogP contribution is 2.39. The quantitative estimate of drug-likeness (QED) is 0.378. The van der Waals surface area contributed by atoms with Gasteiger partial charge in [0.15, 0.2) is 5.69 Å². The van der Waals surface area contributed by atoms with E-state index in [1.165, 1.54) is 0 Å². The van der Waals surface area contributed by atoms with Crippen LogP contribution in [0.4, 0.5) is 37.7 Å². The number of rotatable bonds is 5. The van der Waals surface area contributed by atoms with Crippen molar-refractivity contribution in [3.05, 3.63) is 71.4 Å². The minimum absolute atomic E-state index is 0.0666. The second-order valence-corrected chi connectivity index (χ2v) is 6.15. The van der Waals surface area contributed by atoms with Crippen molar-refractivity contribution in [2.75, 3.05) is 11.4 Å². The molecule has 0 N–H and O–H groups in total. The Balaban J connectivity index is 1.95. The molecule has 3 rings (SSSR count). The van der Waals surface area contributed by atoms with E-state index < -0.39 is 36.7 Å². The van der Waals surface area contributed by atoms with Crippen molar-refractivity contribution in [1.29, 1.82) is 0 Å². The van der Waals surface area contributed by atoms with Crippen LogP contribution in [0.2, 0.25) is 0 Å². The van der Waals surface area contributed by atoms with Crippen LogP contribution in [0.25, 0.3) is 16.3 Å². The molecule has 0 aliphatic rings. The highest BCUT2D eigenvalue weighted by molar-refractivity contribution is 5.62. The van der Waals surface area contributed by atoms with E-state index >= 15 is 0 Å². The third kappa shape index (κ3) is 5.08. The maximum absolute atomic E-state index is 13.2. The number of nitrogens with zero attached hydrogens (tertiary/aromatic N) is 4. The molecule has 0 amide bonds. The van der Waals surface area contributed by atoms with E-state index in [0.29, 0.717) is 16.5 Å². The third-order valence-electron chi connectivity index (χ3n) is 3.95. The third-order valence-corrected chi connectivity index (χ3v) is 3.95. The predicted molar refractivity (Wildman–Crippen MR) is 94.5 cm³/mol. The fourth-order valence-electron chi connectivity index (χ4n) is 2.68. The summed E-state index contributed by atoms with van der Waals surface area (Å²) in [4.78, 5) is 3.41. The van der Waals surface area contributed by atoms with Crippen molar-refractivity contribution < 1.29 is 30.8 Å². The average Bonchev–Trinajstić information content (AvgIpc) is 3.14. The molecule has 0 atom stereocenters. The van der Waals surface area contributed by atoms with Crippen molar-refractivity contribution >= 4 is 11.4 Å². The molecule has 0 spiro atoms. The summed E-state index contributed by atoms with van der Waals surface area (Å²) in [5.74, 6) is -0.141. The van der Waals surface area contributed by atoms with Gasteiger partial charge in [0.05, 0.1) is 18.7 Å². The molecule has 2 aromatic carbocycles. The monoisotopic (exact) mass is 426 g/mol. The zero-order chi connectivity index (χ0) is 21.9. The van der Waals surface area contributed by atoms with Crippen molar-refractivity contribution in [3.8, 4) is 11.5 Å². The number of hydrogen-bond acceptors (Lipinski definition) is 4. The number of anilines is 1. The Hall–Kier alpha value is -3.55. The van der Waals surface area contributed by atoms with Crippen LogP contribution >= 0.6 is 0 Å². The Morgan fingerprint density at radius 3 is 2.27 bits per heavy atom. The Morgan fingerprint density at radius 1 is 0.967 bits per heavy atom.